The fourth-order valence-corrected chi connectivity index (χ4v) is 1.31. The van der Waals surface area contributed by atoms with Crippen LogP contribution in [0.15, 0.2) is 36.7 Å². The van der Waals surface area contributed by atoms with Gasteiger partial charge in [0.2, 0.25) is 0 Å². The molecule has 0 aliphatic rings. The minimum atomic E-state index is -0.778. The second kappa shape index (κ2) is 5.22. The predicted molar refractivity (Wildman–Crippen MR) is 62.0 cm³/mol. The van der Waals surface area contributed by atoms with E-state index in [0.29, 0.717) is 5.82 Å². The zero-order chi connectivity index (χ0) is 13.0. The van der Waals surface area contributed by atoms with E-state index in [1.165, 1.54) is 24.5 Å². The van der Waals surface area contributed by atoms with E-state index in [0.717, 1.165) is 6.07 Å². The first-order chi connectivity index (χ1) is 8.66. The third-order valence-corrected chi connectivity index (χ3v) is 2.16. The molecule has 2 N–H and O–H groups in total. The number of esters is 1. The monoisotopic (exact) mass is 247 g/mol. The van der Waals surface area contributed by atoms with Crippen molar-refractivity contribution < 1.29 is 13.9 Å². The molecule has 0 bridgehead atoms. The van der Waals surface area contributed by atoms with Crippen LogP contribution in [-0.4, -0.2) is 15.9 Å². The van der Waals surface area contributed by atoms with Gasteiger partial charge in [0.15, 0.2) is 12.4 Å². The first-order valence-electron chi connectivity index (χ1n) is 5.15. The number of hydrogen-bond donors (Lipinski definition) is 1. The first kappa shape index (κ1) is 12.0. The van der Waals surface area contributed by atoms with Gasteiger partial charge in [-0.3, -0.25) is 0 Å². The van der Waals surface area contributed by atoms with Crippen molar-refractivity contribution in [1.29, 1.82) is 0 Å². The summed E-state index contributed by atoms with van der Waals surface area (Å²) in [6.07, 6.45) is 3.06. The number of nitrogens with two attached hydrogens (primary N) is 1. The van der Waals surface area contributed by atoms with Crippen LogP contribution < -0.4 is 5.73 Å². The van der Waals surface area contributed by atoms with Crippen molar-refractivity contribution in [3.05, 3.63) is 53.9 Å². The second-order valence-electron chi connectivity index (χ2n) is 3.48. The molecule has 0 radical (unpaired) electrons. The smallest absolute Gasteiger partial charge is 0.341 e. The van der Waals surface area contributed by atoms with E-state index in [4.69, 9.17) is 10.5 Å². The van der Waals surface area contributed by atoms with Crippen molar-refractivity contribution in [1.82, 2.24) is 9.97 Å². The number of nitrogen functional groups attached to an aromatic ring is 1. The van der Waals surface area contributed by atoms with Crippen LogP contribution in [0, 0.1) is 5.82 Å². The summed E-state index contributed by atoms with van der Waals surface area (Å²) >= 11 is 0. The lowest BCUT2D eigenvalue weighted by molar-refractivity contribution is 0.0457. The highest BCUT2D eigenvalue weighted by atomic mass is 19.1. The number of ether oxygens (including phenoxy) is 1. The Morgan fingerprint density at radius 3 is 2.72 bits per heavy atom. The molecule has 0 aliphatic carbocycles. The van der Waals surface area contributed by atoms with Gasteiger partial charge in [-0.25, -0.2) is 19.2 Å². The fraction of sp³-hybridized carbons (Fsp3) is 0.0833. The Balaban J connectivity index is 2.04. The van der Waals surface area contributed by atoms with Crippen molar-refractivity contribution in [3.63, 3.8) is 0 Å². The number of halogens is 1. The molecule has 1 aromatic heterocycles. The summed E-state index contributed by atoms with van der Waals surface area (Å²) in [5.74, 6) is -1.14. The third kappa shape index (κ3) is 2.79. The molecule has 0 saturated carbocycles. The molecule has 6 heteroatoms. The van der Waals surface area contributed by atoms with Gasteiger partial charge in [0.05, 0.1) is 5.56 Å². The van der Waals surface area contributed by atoms with Crippen LogP contribution in [0.1, 0.15) is 16.2 Å². The number of carbonyl (C=O) groups excluding carboxylic acids is 1. The lowest BCUT2D eigenvalue weighted by Gasteiger charge is -2.05. The van der Waals surface area contributed by atoms with Gasteiger partial charge in [-0.1, -0.05) is 0 Å². The van der Waals surface area contributed by atoms with E-state index < -0.39 is 11.8 Å². The summed E-state index contributed by atoms with van der Waals surface area (Å²) < 4.78 is 18.3. The molecule has 0 atom stereocenters. The number of hydrogen-bond acceptors (Lipinski definition) is 5. The Morgan fingerprint density at radius 2 is 2.06 bits per heavy atom. The van der Waals surface area contributed by atoms with Crippen molar-refractivity contribution in [2.45, 2.75) is 6.61 Å². The average Bonchev–Trinajstić information content (AvgIpc) is 2.37. The first-order valence-corrected chi connectivity index (χ1v) is 5.15. The van der Waals surface area contributed by atoms with E-state index in [1.807, 2.05) is 0 Å². The lowest BCUT2D eigenvalue weighted by atomic mass is 10.2. The van der Waals surface area contributed by atoms with Crippen LogP contribution in [0.5, 0.6) is 0 Å². The van der Waals surface area contributed by atoms with E-state index in [9.17, 15) is 9.18 Å². The van der Waals surface area contributed by atoms with Crippen LogP contribution in [0.2, 0.25) is 0 Å². The van der Waals surface area contributed by atoms with Crippen LogP contribution in [0.3, 0.4) is 0 Å². The molecule has 5 nitrogen and oxygen atoms in total. The standard InChI is InChI=1S/C12H10FN3O2/c13-10-6-8(14)2-3-9(10)12(17)18-7-11-15-4-1-5-16-11/h1-6H,7,14H2. The Morgan fingerprint density at radius 1 is 1.33 bits per heavy atom. The molecule has 1 heterocycles. The molecule has 0 saturated heterocycles. The SMILES string of the molecule is Nc1ccc(C(=O)OCc2ncccn2)c(F)c1. The van der Waals surface area contributed by atoms with Gasteiger partial charge >= 0.3 is 5.97 Å². The highest BCUT2D eigenvalue weighted by Crippen LogP contribution is 2.13. The zero-order valence-electron chi connectivity index (χ0n) is 9.34. The van der Waals surface area contributed by atoms with Crippen molar-refractivity contribution in [2.24, 2.45) is 0 Å². The van der Waals surface area contributed by atoms with E-state index in [-0.39, 0.29) is 17.9 Å². The summed E-state index contributed by atoms with van der Waals surface area (Å²) in [5.41, 5.74) is 5.46. The number of benzene rings is 1. The van der Waals surface area contributed by atoms with Gasteiger partial charge < -0.3 is 10.5 Å². The molecular weight excluding hydrogens is 237 g/mol. The molecule has 92 valence electrons. The predicted octanol–water partition coefficient (Wildman–Crippen LogP) is 1.55. The average molecular weight is 247 g/mol. The molecular formula is C12H10FN3O2. The number of nitrogens with zero attached hydrogens (tertiary/aromatic N) is 2. The minimum absolute atomic E-state index is 0.108. The fourth-order valence-electron chi connectivity index (χ4n) is 1.31. The van der Waals surface area contributed by atoms with Crippen LogP contribution >= 0.6 is 0 Å². The maximum Gasteiger partial charge on any atom is 0.341 e. The minimum Gasteiger partial charge on any atom is -0.454 e. The van der Waals surface area contributed by atoms with Gasteiger partial charge in [-0.2, -0.15) is 0 Å². The van der Waals surface area contributed by atoms with E-state index >= 15 is 0 Å². The Labute approximate surface area is 102 Å². The molecule has 0 fully saturated rings. The third-order valence-electron chi connectivity index (χ3n) is 2.16. The molecule has 18 heavy (non-hydrogen) atoms. The van der Waals surface area contributed by atoms with Crippen LogP contribution in [0.25, 0.3) is 0 Å². The number of aromatic nitrogens is 2. The Kier molecular flexibility index (Phi) is 3.47. The van der Waals surface area contributed by atoms with Gasteiger partial charge in [0, 0.05) is 18.1 Å². The topological polar surface area (TPSA) is 78.1 Å². The zero-order valence-corrected chi connectivity index (χ0v) is 9.34. The van der Waals surface area contributed by atoms with Crippen LogP contribution in [0.4, 0.5) is 10.1 Å². The molecule has 0 unspecified atom stereocenters. The highest BCUT2D eigenvalue weighted by Gasteiger charge is 2.13. The lowest BCUT2D eigenvalue weighted by Crippen LogP contribution is -2.09. The van der Waals surface area contributed by atoms with Gasteiger partial charge in [0.25, 0.3) is 0 Å². The molecule has 0 amide bonds. The van der Waals surface area contributed by atoms with Gasteiger partial charge in [0.1, 0.15) is 5.82 Å². The molecule has 0 aliphatic heterocycles. The van der Waals surface area contributed by atoms with E-state index in [1.54, 1.807) is 6.07 Å². The number of anilines is 1. The molecule has 0 spiro atoms. The number of carbonyl (C=O) groups is 1. The summed E-state index contributed by atoms with van der Waals surface area (Å²) in [6, 6.07) is 5.41. The summed E-state index contributed by atoms with van der Waals surface area (Å²) in [6.45, 7) is -0.108. The van der Waals surface area contributed by atoms with Gasteiger partial charge in [-0.05, 0) is 24.3 Å². The van der Waals surface area contributed by atoms with Crippen LogP contribution in [-0.2, 0) is 11.3 Å². The van der Waals surface area contributed by atoms with E-state index in [2.05, 4.69) is 9.97 Å². The maximum absolute atomic E-state index is 13.4. The maximum atomic E-state index is 13.4. The second-order valence-corrected chi connectivity index (χ2v) is 3.48. The quantitative estimate of drug-likeness (QED) is 0.657. The van der Waals surface area contributed by atoms with Gasteiger partial charge in [-0.15, -0.1) is 0 Å². The summed E-state index contributed by atoms with van der Waals surface area (Å²) in [4.78, 5) is 19.3. The highest BCUT2D eigenvalue weighted by molar-refractivity contribution is 5.90. The normalized spacial score (nSPS) is 10.1. The van der Waals surface area contributed by atoms with Crippen molar-refractivity contribution in [3.8, 4) is 0 Å². The molecule has 2 aromatic rings. The van der Waals surface area contributed by atoms with Crippen molar-refractivity contribution in [2.75, 3.05) is 5.73 Å². The summed E-state index contributed by atoms with van der Waals surface area (Å²) in [7, 11) is 0. The van der Waals surface area contributed by atoms with Crippen molar-refractivity contribution >= 4 is 11.7 Å². The Hall–Kier alpha value is -2.50. The molecule has 1 aromatic carbocycles. The number of rotatable bonds is 3. The Bertz CT molecular complexity index is 561. The summed E-state index contributed by atoms with van der Waals surface area (Å²) in [5, 5.41) is 0. The molecule has 2 rings (SSSR count). The largest absolute Gasteiger partial charge is 0.454 e.